The summed E-state index contributed by atoms with van der Waals surface area (Å²) in [6.45, 7) is 8.89. The van der Waals surface area contributed by atoms with E-state index in [1.54, 1.807) is 19.2 Å². The second-order valence-corrected chi connectivity index (χ2v) is 10.3. The number of rotatable bonds is 12. The molecule has 1 saturated heterocycles. The molecule has 210 valence electrons. The van der Waals surface area contributed by atoms with Gasteiger partial charge in [-0.1, -0.05) is 55.5 Å². The molecule has 39 heavy (non-hydrogen) atoms. The van der Waals surface area contributed by atoms with Crippen molar-refractivity contribution in [2.24, 2.45) is 0 Å². The van der Waals surface area contributed by atoms with Crippen LogP contribution in [0.15, 0.2) is 66.7 Å². The monoisotopic (exact) mass is 536 g/mol. The Morgan fingerprint density at radius 3 is 2.44 bits per heavy atom. The van der Waals surface area contributed by atoms with Crippen LogP contribution >= 0.6 is 0 Å². The molecule has 0 spiro atoms. The van der Waals surface area contributed by atoms with Crippen molar-refractivity contribution in [1.82, 2.24) is 0 Å². The van der Waals surface area contributed by atoms with E-state index in [2.05, 4.69) is 37.3 Å². The van der Waals surface area contributed by atoms with Crippen LogP contribution in [0.5, 0.6) is 5.75 Å². The molecule has 0 N–H and O–H groups in total. The number of methoxy groups -OCH3 is 1. The minimum absolute atomic E-state index is 0.00925. The maximum absolute atomic E-state index is 14.6. The number of halogens is 1. The second-order valence-electron chi connectivity index (χ2n) is 10.3. The van der Waals surface area contributed by atoms with Crippen molar-refractivity contribution < 1.29 is 28.1 Å². The lowest BCUT2D eigenvalue weighted by atomic mass is 9.89. The summed E-state index contributed by atoms with van der Waals surface area (Å²) < 4.78 is 45.2. The van der Waals surface area contributed by atoms with E-state index >= 15 is 0 Å². The van der Waals surface area contributed by atoms with Crippen molar-refractivity contribution in [2.75, 3.05) is 13.7 Å². The average molecular weight is 537 g/mol. The molecule has 4 rings (SSSR count). The standard InChI is InChI=1S/C33H41FO5/c1-6-26-14-15-28(19-27(26)17-25-13-16-31(36-7-2)30(34)18-25)33(35-5)21-29(20-32(39-33)38-23(3)4)37-22-24-11-9-8-10-12-24/h8-16,18-19,23,29,32H,6-7,17,20-22H2,1-5H3/t29?,32?,33-/m1/s1. The van der Waals surface area contributed by atoms with Gasteiger partial charge in [-0.2, -0.15) is 0 Å². The zero-order valence-electron chi connectivity index (χ0n) is 23.7. The average Bonchev–Trinajstić information content (AvgIpc) is 2.93. The summed E-state index contributed by atoms with van der Waals surface area (Å²) in [4.78, 5) is 0. The molecular weight excluding hydrogens is 495 g/mol. The second kappa shape index (κ2) is 13.5. The van der Waals surface area contributed by atoms with E-state index in [-0.39, 0.29) is 23.8 Å². The molecular formula is C33H41FO5. The maximum atomic E-state index is 14.6. The summed E-state index contributed by atoms with van der Waals surface area (Å²) in [5.41, 5.74) is 5.19. The van der Waals surface area contributed by atoms with E-state index in [0.717, 1.165) is 28.7 Å². The van der Waals surface area contributed by atoms with Crippen molar-refractivity contribution in [2.45, 2.75) is 84.3 Å². The SMILES string of the molecule is CCOc1ccc(Cc2cc([C@@]3(OC)CC(OCc4ccccc4)CC(OC(C)C)O3)ccc2CC)cc1F. The first kappa shape index (κ1) is 29.2. The van der Waals surface area contributed by atoms with E-state index in [0.29, 0.717) is 32.5 Å². The van der Waals surface area contributed by atoms with E-state index in [9.17, 15) is 4.39 Å². The van der Waals surface area contributed by atoms with Crippen LogP contribution in [-0.2, 0) is 44.2 Å². The molecule has 0 amide bonds. The van der Waals surface area contributed by atoms with Crippen LogP contribution in [0.25, 0.3) is 0 Å². The first-order valence-corrected chi connectivity index (χ1v) is 13.9. The number of aryl methyl sites for hydroxylation is 1. The van der Waals surface area contributed by atoms with Crippen LogP contribution in [-0.4, -0.2) is 32.2 Å². The lowest BCUT2D eigenvalue weighted by molar-refractivity contribution is -0.354. The number of ether oxygens (including phenoxy) is 5. The van der Waals surface area contributed by atoms with Crippen LogP contribution in [0.2, 0.25) is 0 Å². The van der Waals surface area contributed by atoms with Crippen molar-refractivity contribution in [1.29, 1.82) is 0 Å². The normalized spacial score (nSPS) is 21.3. The lowest BCUT2D eigenvalue weighted by Crippen LogP contribution is -2.47. The fourth-order valence-corrected chi connectivity index (χ4v) is 5.16. The summed E-state index contributed by atoms with van der Waals surface area (Å²) in [5, 5.41) is 0. The van der Waals surface area contributed by atoms with Gasteiger partial charge >= 0.3 is 0 Å². The van der Waals surface area contributed by atoms with Crippen LogP contribution in [0.1, 0.15) is 68.4 Å². The molecule has 0 saturated carbocycles. The first-order valence-electron chi connectivity index (χ1n) is 13.9. The molecule has 1 aliphatic rings. The quantitative estimate of drug-likeness (QED) is 0.243. The van der Waals surface area contributed by atoms with E-state index < -0.39 is 12.1 Å². The molecule has 0 aromatic heterocycles. The maximum Gasteiger partial charge on any atom is 0.199 e. The smallest absolute Gasteiger partial charge is 0.199 e. The third kappa shape index (κ3) is 7.46. The van der Waals surface area contributed by atoms with Gasteiger partial charge in [0.1, 0.15) is 0 Å². The molecule has 1 heterocycles. The minimum Gasteiger partial charge on any atom is -0.491 e. The van der Waals surface area contributed by atoms with Gasteiger partial charge in [-0.3, -0.25) is 0 Å². The predicted octanol–water partition coefficient (Wildman–Crippen LogP) is 7.32. The molecule has 1 fully saturated rings. The van der Waals surface area contributed by atoms with Crippen LogP contribution in [0, 0.1) is 5.82 Å². The third-order valence-electron chi connectivity index (χ3n) is 7.07. The van der Waals surface area contributed by atoms with Gasteiger partial charge in [-0.15, -0.1) is 0 Å². The van der Waals surface area contributed by atoms with Crippen molar-refractivity contribution in [3.05, 3.63) is 100 Å². The Balaban J connectivity index is 1.62. The van der Waals surface area contributed by atoms with Gasteiger partial charge in [0, 0.05) is 25.5 Å². The molecule has 2 unspecified atom stereocenters. The summed E-state index contributed by atoms with van der Waals surface area (Å²) >= 11 is 0. The molecule has 5 nitrogen and oxygen atoms in total. The zero-order valence-corrected chi connectivity index (χ0v) is 23.7. The molecule has 6 heteroatoms. The molecule has 0 radical (unpaired) electrons. The highest BCUT2D eigenvalue weighted by Crippen LogP contribution is 2.41. The summed E-state index contributed by atoms with van der Waals surface area (Å²) in [7, 11) is 1.67. The van der Waals surface area contributed by atoms with Gasteiger partial charge in [0.2, 0.25) is 0 Å². The molecule has 1 aliphatic heterocycles. The number of hydrogen-bond donors (Lipinski definition) is 0. The summed E-state index contributed by atoms with van der Waals surface area (Å²) in [5.74, 6) is -1.11. The molecule has 3 aromatic rings. The van der Waals surface area contributed by atoms with Crippen LogP contribution in [0.4, 0.5) is 4.39 Å². The van der Waals surface area contributed by atoms with Crippen molar-refractivity contribution in [3.63, 3.8) is 0 Å². The Hall–Kier alpha value is -2.77. The Labute approximate surface area is 232 Å². The third-order valence-corrected chi connectivity index (χ3v) is 7.07. The van der Waals surface area contributed by atoms with Gasteiger partial charge in [-0.25, -0.2) is 4.39 Å². The molecule has 3 atom stereocenters. The summed E-state index contributed by atoms with van der Waals surface area (Å²) in [6.07, 6.45) is 1.96. The first-order chi connectivity index (χ1) is 18.9. The highest BCUT2D eigenvalue weighted by Gasteiger charge is 2.45. The predicted molar refractivity (Wildman–Crippen MR) is 150 cm³/mol. The van der Waals surface area contributed by atoms with E-state index in [1.165, 1.54) is 5.56 Å². The van der Waals surface area contributed by atoms with Crippen molar-refractivity contribution in [3.8, 4) is 5.75 Å². The fourth-order valence-electron chi connectivity index (χ4n) is 5.16. The molecule has 3 aromatic carbocycles. The topological polar surface area (TPSA) is 46.2 Å². The zero-order chi connectivity index (χ0) is 27.8. The number of benzene rings is 3. The Kier molecular flexibility index (Phi) is 10.1. The van der Waals surface area contributed by atoms with Gasteiger partial charge < -0.3 is 23.7 Å². The van der Waals surface area contributed by atoms with Gasteiger partial charge in [-0.05, 0) is 74.1 Å². The minimum atomic E-state index is -1.04. The Morgan fingerprint density at radius 1 is 0.974 bits per heavy atom. The van der Waals surface area contributed by atoms with Crippen molar-refractivity contribution >= 4 is 0 Å². The van der Waals surface area contributed by atoms with Crippen LogP contribution < -0.4 is 4.74 Å². The number of hydrogen-bond acceptors (Lipinski definition) is 5. The van der Waals surface area contributed by atoms with E-state index in [4.69, 9.17) is 23.7 Å². The largest absolute Gasteiger partial charge is 0.491 e. The molecule has 0 bridgehead atoms. The lowest BCUT2D eigenvalue weighted by Gasteiger charge is -2.44. The highest BCUT2D eigenvalue weighted by molar-refractivity contribution is 5.40. The summed E-state index contributed by atoms with van der Waals surface area (Å²) in [6, 6.07) is 21.6. The van der Waals surface area contributed by atoms with Gasteiger partial charge in [0.05, 0.1) is 25.4 Å². The van der Waals surface area contributed by atoms with Gasteiger partial charge in [0.15, 0.2) is 23.6 Å². The fraction of sp³-hybridized carbons (Fsp3) is 0.455. The van der Waals surface area contributed by atoms with Gasteiger partial charge in [0.25, 0.3) is 0 Å². The van der Waals surface area contributed by atoms with E-state index in [1.807, 2.05) is 45.0 Å². The Morgan fingerprint density at radius 2 is 1.77 bits per heavy atom. The highest BCUT2D eigenvalue weighted by atomic mass is 19.1. The Bertz CT molecular complexity index is 1200. The van der Waals surface area contributed by atoms with Crippen LogP contribution in [0.3, 0.4) is 0 Å². The molecule has 0 aliphatic carbocycles.